The molecule has 94 valence electrons. The van der Waals surface area contributed by atoms with E-state index in [0.29, 0.717) is 12.0 Å². The zero-order valence-electron chi connectivity index (χ0n) is 10.3. The second kappa shape index (κ2) is 6.39. The van der Waals surface area contributed by atoms with Crippen LogP contribution in [0.25, 0.3) is 0 Å². The maximum atomic E-state index is 6.21. The highest BCUT2D eigenvalue weighted by atomic mass is 35.5. The van der Waals surface area contributed by atoms with Crippen molar-refractivity contribution in [3.63, 3.8) is 0 Å². The van der Waals surface area contributed by atoms with Gasteiger partial charge in [-0.3, -0.25) is 0 Å². The predicted octanol–water partition coefficient (Wildman–Crippen LogP) is 2.90. The minimum absolute atomic E-state index is 0.531. The average Bonchev–Trinajstić information content (AvgIpc) is 2.35. The van der Waals surface area contributed by atoms with Gasteiger partial charge in [0.05, 0.1) is 6.61 Å². The van der Waals surface area contributed by atoms with Crippen LogP contribution in [0.2, 0.25) is 5.02 Å². The molecule has 1 N–H and O–H groups in total. The molecule has 2 atom stereocenters. The molecule has 0 aliphatic carbocycles. The Balaban J connectivity index is 2.03. The third-order valence-electron chi connectivity index (χ3n) is 3.38. The van der Waals surface area contributed by atoms with E-state index >= 15 is 0 Å². The fraction of sp³-hybridized carbons (Fsp3) is 0.571. The molecule has 2 nitrogen and oxygen atoms in total. The summed E-state index contributed by atoms with van der Waals surface area (Å²) in [6.45, 7) is 4.88. The fourth-order valence-electron chi connectivity index (χ4n) is 2.48. The van der Waals surface area contributed by atoms with Crippen LogP contribution in [-0.4, -0.2) is 25.8 Å². The lowest BCUT2D eigenvalue weighted by molar-refractivity contribution is 0.0327. The SMILES string of the molecule is CCNC1CCOCC1Cc1ccccc1Cl. The van der Waals surface area contributed by atoms with Gasteiger partial charge in [0, 0.05) is 23.6 Å². The average molecular weight is 254 g/mol. The molecule has 0 saturated carbocycles. The Morgan fingerprint density at radius 3 is 3.00 bits per heavy atom. The number of hydrogen-bond acceptors (Lipinski definition) is 2. The van der Waals surface area contributed by atoms with Gasteiger partial charge in [0.15, 0.2) is 0 Å². The number of hydrogen-bond donors (Lipinski definition) is 1. The molecule has 1 aliphatic rings. The second-order valence-electron chi connectivity index (χ2n) is 4.58. The number of rotatable bonds is 4. The zero-order valence-corrected chi connectivity index (χ0v) is 11.0. The van der Waals surface area contributed by atoms with Crippen LogP contribution in [0, 0.1) is 5.92 Å². The molecule has 0 amide bonds. The first-order valence-corrected chi connectivity index (χ1v) is 6.73. The van der Waals surface area contributed by atoms with E-state index in [4.69, 9.17) is 16.3 Å². The molecule has 1 aromatic carbocycles. The van der Waals surface area contributed by atoms with Gasteiger partial charge >= 0.3 is 0 Å². The highest BCUT2D eigenvalue weighted by molar-refractivity contribution is 6.31. The van der Waals surface area contributed by atoms with Crippen molar-refractivity contribution >= 4 is 11.6 Å². The number of ether oxygens (including phenoxy) is 1. The van der Waals surface area contributed by atoms with Crippen LogP contribution in [0.4, 0.5) is 0 Å². The summed E-state index contributed by atoms with van der Waals surface area (Å²) in [7, 11) is 0. The summed E-state index contributed by atoms with van der Waals surface area (Å²) in [6.07, 6.45) is 2.10. The van der Waals surface area contributed by atoms with E-state index in [0.717, 1.165) is 37.6 Å². The normalized spacial score (nSPS) is 24.8. The van der Waals surface area contributed by atoms with E-state index in [-0.39, 0.29) is 0 Å². The summed E-state index contributed by atoms with van der Waals surface area (Å²) in [6, 6.07) is 8.66. The van der Waals surface area contributed by atoms with E-state index in [1.807, 2.05) is 18.2 Å². The van der Waals surface area contributed by atoms with Gasteiger partial charge in [0.1, 0.15) is 0 Å². The van der Waals surface area contributed by atoms with Crippen LogP contribution in [0.3, 0.4) is 0 Å². The minimum Gasteiger partial charge on any atom is -0.381 e. The molecular weight excluding hydrogens is 234 g/mol. The van der Waals surface area contributed by atoms with Gasteiger partial charge in [-0.1, -0.05) is 36.7 Å². The first-order valence-electron chi connectivity index (χ1n) is 6.35. The van der Waals surface area contributed by atoms with Crippen molar-refractivity contribution in [1.82, 2.24) is 5.32 Å². The summed E-state index contributed by atoms with van der Waals surface area (Å²) < 4.78 is 5.59. The first-order chi connectivity index (χ1) is 8.31. The lowest BCUT2D eigenvalue weighted by atomic mass is 9.89. The molecule has 1 heterocycles. The Morgan fingerprint density at radius 1 is 1.41 bits per heavy atom. The van der Waals surface area contributed by atoms with Crippen LogP contribution >= 0.6 is 11.6 Å². The van der Waals surface area contributed by atoms with Gasteiger partial charge < -0.3 is 10.1 Å². The Bertz CT molecular complexity index is 354. The third kappa shape index (κ3) is 3.44. The van der Waals surface area contributed by atoms with Crippen molar-refractivity contribution in [3.8, 4) is 0 Å². The molecule has 1 saturated heterocycles. The van der Waals surface area contributed by atoms with E-state index in [1.54, 1.807) is 0 Å². The van der Waals surface area contributed by atoms with Crippen LogP contribution < -0.4 is 5.32 Å². The minimum atomic E-state index is 0.531. The summed E-state index contributed by atoms with van der Waals surface area (Å²) in [5, 5.41) is 4.42. The standard InChI is InChI=1S/C14H20ClNO/c1-2-16-14-7-8-17-10-12(14)9-11-5-3-4-6-13(11)15/h3-6,12,14,16H,2,7-10H2,1H3. The Morgan fingerprint density at radius 2 is 2.24 bits per heavy atom. The smallest absolute Gasteiger partial charge is 0.0512 e. The fourth-order valence-corrected chi connectivity index (χ4v) is 2.69. The Kier molecular flexibility index (Phi) is 4.84. The molecule has 0 bridgehead atoms. The van der Waals surface area contributed by atoms with Crippen LogP contribution in [0.1, 0.15) is 18.9 Å². The summed E-state index contributed by atoms with van der Waals surface area (Å²) in [5.41, 5.74) is 1.23. The van der Waals surface area contributed by atoms with Gasteiger partial charge in [0.25, 0.3) is 0 Å². The first kappa shape index (κ1) is 12.9. The Labute approximate surface area is 108 Å². The second-order valence-corrected chi connectivity index (χ2v) is 4.99. The number of halogens is 1. The number of nitrogens with one attached hydrogen (secondary N) is 1. The molecule has 1 fully saturated rings. The topological polar surface area (TPSA) is 21.3 Å². The summed E-state index contributed by atoms with van der Waals surface area (Å²) in [4.78, 5) is 0. The molecule has 2 rings (SSSR count). The van der Waals surface area contributed by atoms with E-state index in [1.165, 1.54) is 5.56 Å². The Hall–Kier alpha value is -0.570. The zero-order chi connectivity index (χ0) is 12.1. The highest BCUT2D eigenvalue weighted by Crippen LogP contribution is 2.24. The van der Waals surface area contributed by atoms with Gasteiger partial charge in [-0.05, 0) is 31.0 Å². The predicted molar refractivity (Wildman–Crippen MR) is 71.5 cm³/mol. The monoisotopic (exact) mass is 253 g/mol. The van der Waals surface area contributed by atoms with Gasteiger partial charge in [-0.15, -0.1) is 0 Å². The van der Waals surface area contributed by atoms with Crippen molar-refractivity contribution in [2.45, 2.75) is 25.8 Å². The van der Waals surface area contributed by atoms with Gasteiger partial charge in [-0.25, -0.2) is 0 Å². The van der Waals surface area contributed by atoms with Crippen molar-refractivity contribution in [3.05, 3.63) is 34.9 Å². The molecule has 0 radical (unpaired) electrons. The lowest BCUT2D eigenvalue weighted by Gasteiger charge is -2.32. The lowest BCUT2D eigenvalue weighted by Crippen LogP contribution is -2.43. The molecule has 1 aromatic rings. The molecule has 0 spiro atoms. The van der Waals surface area contributed by atoms with Crippen LogP contribution in [-0.2, 0) is 11.2 Å². The van der Waals surface area contributed by atoms with Gasteiger partial charge in [-0.2, -0.15) is 0 Å². The maximum absolute atomic E-state index is 6.21. The molecule has 2 unspecified atom stereocenters. The molecule has 3 heteroatoms. The largest absolute Gasteiger partial charge is 0.381 e. The van der Waals surface area contributed by atoms with Crippen molar-refractivity contribution in [1.29, 1.82) is 0 Å². The summed E-state index contributed by atoms with van der Waals surface area (Å²) in [5.74, 6) is 0.531. The van der Waals surface area contributed by atoms with E-state index < -0.39 is 0 Å². The molecule has 1 aliphatic heterocycles. The van der Waals surface area contributed by atoms with Crippen LogP contribution in [0.5, 0.6) is 0 Å². The van der Waals surface area contributed by atoms with Crippen molar-refractivity contribution in [2.75, 3.05) is 19.8 Å². The van der Waals surface area contributed by atoms with Crippen molar-refractivity contribution in [2.24, 2.45) is 5.92 Å². The van der Waals surface area contributed by atoms with Gasteiger partial charge in [0.2, 0.25) is 0 Å². The summed E-state index contributed by atoms with van der Waals surface area (Å²) >= 11 is 6.21. The quantitative estimate of drug-likeness (QED) is 0.891. The van der Waals surface area contributed by atoms with Crippen LogP contribution in [0.15, 0.2) is 24.3 Å². The van der Waals surface area contributed by atoms with Crippen molar-refractivity contribution < 1.29 is 4.74 Å². The maximum Gasteiger partial charge on any atom is 0.0512 e. The van der Waals surface area contributed by atoms with E-state index in [9.17, 15) is 0 Å². The molecular formula is C14H20ClNO. The molecule has 17 heavy (non-hydrogen) atoms. The molecule has 0 aromatic heterocycles. The number of benzene rings is 1. The third-order valence-corrected chi connectivity index (χ3v) is 3.75. The highest BCUT2D eigenvalue weighted by Gasteiger charge is 2.25. The van der Waals surface area contributed by atoms with E-state index in [2.05, 4.69) is 18.3 Å².